The summed E-state index contributed by atoms with van der Waals surface area (Å²) in [6.07, 6.45) is 0. The van der Waals surface area contributed by atoms with Crippen molar-refractivity contribution in [3.8, 4) is 11.4 Å². The van der Waals surface area contributed by atoms with Gasteiger partial charge >= 0.3 is 0 Å². The molecule has 172 valence electrons. The summed E-state index contributed by atoms with van der Waals surface area (Å²) in [6, 6.07) is 14.0. The Hall–Kier alpha value is -3.24. The third-order valence-electron chi connectivity index (χ3n) is 5.76. The number of likely N-dealkylation sites (N-methyl/N-ethyl adjacent to an activating group) is 1. The molecule has 3 aromatic rings. The van der Waals surface area contributed by atoms with Crippen LogP contribution in [0.4, 0.5) is 5.69 Å². The standard InChI is InChI=1S/C23H26N6O3S/c1-3-28-21(17-8-10-19(11-9-17)29(31)32)24-25-23(28)33-16-18-6-4-5-7-20(18)22(30)27-14-12-26(2)13-15-27/h4-11H,3,12-16H2,1-2H3. The minimum absolute atomic E-state index is 0.0394. The molecule has 0 unspecified atom stereocenters. The Bertz CT molecular complexity index is 1140. The molecule has 1 saturated heterocycles. The number of nitro groups is 1. The molecular weight excluding hydrogens is 440 g/mol. The number of hydrogen-bond donors (Lipinski definition) is 0. The van der Waals surface area contributed by atoms with Crippen LogP contribution in [0.25, 0.3) is 11.4 Å². The van der Waals surface area contributed by atoms with Crippen molar-refractivity contribution >= 4 is 23.4 Å². The SMILES string of the molecule is CCn1c(SCc2ccccc2C(=O)N2CCN(C)CC2)nnc1-c1ccc([N+](=O)[O-])cc1. The van der Waals surface area contributed by atoms with Crippen molar-refractivity contribution in [1.29, 1.82) is 0 Å². The summed E-state index contributed by atoms with van der Waals surface area (Å²) in [5, 5.41) is 20.3. The maximum atomic E-state index is 13.1. The highest BCUT2D eigenvalue weighted by atomic mass is 32.2. The van der Waals surface area contributed by atoms with E-state index in [4.69, 9.17) is 0 Å². The molecule has 0 saturated carbocycles. The van der Waals surface area contributed by atoms with E-state index in [1.807, 2.05) is 40.7 Å². The summed E-state index contributed by atoms with van der Waals surface area (Å²) in [7, 11) is 2.07. The average molecular weight is 467 g/mol. The normalized spacial score (nSPS) is 14.4. The molecule has 9 nitrogen and oxygen atoms in total. The zero-order valence-corrected chi connectivity index (χ0v) is 19.5. The van der Waals surface area contributed by atoms with Gasteiger partial charge in [0.15, 0.2) is 11.0 Å². The van der Waals surface area contributed by atoms with Crippen LogP contribution in [0.1, 0.15) is 22.8 Å². The summed E-state index contributed by atoms with van der Waals surface area (Å²) in [5.41, 5.74) is 2.51. The number of aromatic nitrogens is 3. The van der Waals surface area contributed by atoms with Crippen molar-refractivity contribution in [2.45, 2.75) is 24.4 Å². The smallest absolute Gasteiger partial charge is 0.269 e. The highest BCUT2D eigenvalue weighted by molar-refractivity contribution is 7.98. The van der Waals surface area contributed by atoms with E-state index < -0.39 is 4.92 Å². The lowest BCUT2D eigenvalue weighted by Crippen LogP contribution is -2.47. The van der Waals surface area contributed by atoms with Gasteiger partial charge in [0.25, 0.3) is 11.6 Å². The zero-order valence-electron chi connectivity index (χ0n) is 18.7. The fourth-order valence-corrected chi connectivity index (χ4v) is 4.81. The van der Waals surface area contributed by atoms with Gasteiger partial charge in [0, 0.05) is 61.7 Å². The van der Waals surface area contributed by atoms with Crippen LogP contribution >= 0.6 is 11.8 Å². The summed E-state index contributed by atoms with van der Waals surface area (Å²) in [6.45, 7) is 5.90. The highest BCUT2D eigenvalue weighted by Gasteiger charge is 2.23. The Kier molecular flexibility index (Phi) is 7.05. The molecule has 1 fully saturated rings. The number of nitrogens with zero attached hydrogens (tertiary/aromatic N) is 6. The van der Waals surface area contributed by atoms with E-state index in [0.717, 1.165) is 48.0 Å². The molecule has 2 heterocycles. The lowest BCUT2D eigenvalue weighted by atomic mass is 10.1. The number of nitro benzene ring substituents is 1. The monoisotopic (exact) mass is 466 g/mol. The van der Waals surface area contributed by atoms with E-state index >= 15 is 0 Å². The quantitative estimate of drug-likeness (QED) is 0.298. The molecule has 0 atom stereocenters. The molecule has 0 bridgehead atoms. The Balaban J connectivity index is 1.51. The van der Waals surface area contributed by atoms with Gasteiger partial charge in [-0.2, -0.15) is 0 Å². The molecule has 1 aliphatic heterocycles. The topological polar surface area (TPSA) is 97.4 Å². The molecule has 0 aliphatic carbocycles. The van der Waals surface area contributed by atoms with E-state index in [0.29, 0.717) is 18.1 Å². The minimum atomic E-state index is -0.420. The fourth-order valence-electron chi connectivity index (χ4n) is 3.80. The number of amides is 1. The van der Waals surface area contributed by atoms with Crippen LogP contribution in [0.5, 0.6) is 0 Å². The second kappa shape index (κ2) is 10.1. The Labute approximate surface area is 196 Å². The van der Waals surface area contributed by atoms with Crippen LogP contribution in [0.3, 0.4) is 0 Å². The molecular formula is C23H26N6O3S. The van der Waals surface area contributed by atoms with Gasteiger partial charge in [-0.1, -0.05) is 30.0 Å². The summed E-state index contributed by atoms with van der Waals surface area (Å²) in [4.78, 5) is 27.8. The molecule has 0 spiro atoms. The van der Waals surface area contributed by atoms with Crippen LogP contribution in [0.15, 0.2) is 53.7 Å². The number of piperazine rings is 1. The van der Waals surface area contributed by atoms with Crippen LogP contribution < -0.4 is 0 Å². The number of carbonyl (C=O) groups excluding carboxylic acids is 1. The molecule has 0 N–H and O–H groups in total. The van der Waals surface area contributed by atoms with Gasteiger partial charge in [0.05, 0.1) is 4.92 Å². The van der Waals surface area contributed by atoms with Crippen molar-refractivity contribution in [2.24, 2.45) is 0 Å². The number of rotatable bonds is 7. The van der Waals surface area contributed by atoms with Crippen molar-refractivity contribution in [2.75, 3.05) is 33.2 Å². The summed E-state index contributed by atoms with van der Waals surface area (Å²) < 4.78 is 1.98. The second-order valence-electron chi connectivity index (χ2n) is 7.90. The second-order valence-corrected chi connectivity index (χ2v) is 8.84. The first kappa shape index (κ1) is 22.9. The first-order chi connectivity index (χ1) is 16.0. The molecule has 1 amide bonds. The predicted octanol–water partition coefficient (Wildman–Crippen LogP) is 3.55. The maximum absolute atomic E-state index is 13.1. The van der Waals surface area contributed by atoms with Crippen LogP contribution in [0, 0.1) is 10.1 Å². The van der Waals surface area contributed by atoms with E-state index in [1.165, 1.54) is 23.9 Å². The van der Waals surface area contributed by atoms with Gasteiger partial charge in [-0.05, 0) is 37.7 Å². The average Bonchev–Trinajstić information content (AvgIpc) is 3.26. The maximum Gasteiger partial charge on any atom is 0.269 e. The molecule has 33 heavy (non-hydrogen) atoms. The van der Waals surface area contributed by atoms with Crippen molar-refractivity contribution in [3.63, 3.8) is 0 Å². The Morgan fingerprint density at radius 2 is 1.76 bits per heavy atom. The predicted molar refractivity (Wildman–Crippen MR) is 127 cm³/mol. The number of non-ortho nitro benzene ring substituents is 1. The van der Waals surface area contributed by atoms with Gasteiger partial charge in [0.2, 0.25) is 0 Å². The van der Waals surface area contributed by atoms with Gasteiger partial charge in [-0.15, -0.1) is 10.2 Å². The van der Waals surface area contributed by atoms with Crippen molar-refractivity contribution in [1.82, 2.24) is 24.6 Å². The fraction of sp³-hybridized carbons (Fsp3) is 0.348. The van der Waals surface area contributed by atoms with E-state index in [-0.39, 0.29) is 11.6 Å². The molecule has 2 aromatic carbocycles. The van der Waals surface area contributed by atoms with Crippen LogP contribution in [-0.2, 0) is 12.3 Å². The van der Waals surface area contributed by atoms with Crippen molar-refractivity contribution < 1.29 is 9.72 Å². The highest BCUT2D eigenvalue weighted by Crippen LogP contribution is 2.28. The number of benzene rings is 2. The summed E-state index contributed by atoms with van der Waals surface area (Å²) >= 11 is 1.53. The van der Waals surface area contributed by atoms with Crippen LogP contribution in [-0.4, -0.2) is 68.6 Å². The van der Waals surface area contributed by atoms with E-state index in [2.05, 4.69) is 22.1 Å². The molecule has 1 aromatic heterocycles. The third kappa shape index (κ3) is 5.07. The van der Waals surface area contributed by atoms with Gasteiger partial charge in [0.1, 0.15) is 0 Å². The first-order valence-corrected chi connectivity index (χ1v) is 11.8. The molecule has 10 heteroatoms. The lowest BCUT2D eigenvalue weighted by Gasteiger charge is -2.32. The van der Waals surface area contributed by atoms with Gasteiger partial charge < -0.3 is 14.4 Å². The molecule has 4 rings (SSSR count). The molecule has 1 aliphatic rings. The summed E-state index contributed by atoms with van der Waals surface area (Å²) in [5.74, 6) is 1.33. The van der Waals surface area contributed by atoms with Crippen molar-refractivity contribution in [3.05, 3.63) is 69.8 Å². The lowest BCUT2D eigenvalue weighted by molar-refractivity contribution is -0.384. The third-order valence-corrected chi connectivity index (χ3v) is 6.78. The van der Waals surface area contributed by atoms with Gasteiger partial charge in [-0.3, -0.25) is 14.9 Å². The van der Waals surface area contributed by atoms with Gasteiger partial charge in [-0.25, -0.2) is 0 Å². The zero-order chi connectivity index (χ0) is 23.4. The van der Waals surface area contributed by atoms with Crippen LogP contribution in [0.2, 0.25) is 0 Å². The first-order valence-electron chi connectivity index (χ1n) is 10.8. The van der Waals surface area contributed by atoms with E-state index in [9.17, 15) is 14.9 Å². The minimum Gasteiger partial charge on any atom is -0.336 e. The Morgan fingerprint density at radius 1 is 1.06 bits per heavy atom. The van der Waals surface area contributed by atoms with E-state index in [1.54, 1.807) is 12.1 Å². The molecule has 0 radical (unpaired) electrons. The number of carbonyl (C=O) groups is 1. The number of thioether (sulfide) groups is 1. The largest absolute Gasteiger partial charge is 0.336 e. The Morgan fingerprint density at radius 3 is 2.42 bits per heavy atom. The number of hydrogen-bond acceptors (Lipinski definition) is 7.